The van der Waals surface area contributed by atoms with Crippen molar-refractivity contribution < 1.29 is 13.2 Å². The van der Waals surface area contributed by atoms with E-state index in [1.54, 1.807) is 48.8 Å². The molecule has 0 unspecified atom stereocenters. The highest BCUT2D eigenvalue weighted by atomic mass is 32.2. The number of ether oxygens (including phenoxy) is 1. The number of aryl methyl sites for hydroxylation is 2. The van der Waals surface area contributed by atoms with Crippen LogP contribution in [0.3, 0.4) is 0 Å². The summed E-state index contributed by atoms with van der Waals surface area (Å²) in [4.78, 5) is 13.7. The average Bonchev–Trinajstić information content (AvgIpc) is 2.77. The van der Waals surface area contributed by atoms with Crippen LogP contribution in [0, 0.1) is 13.8 Å². The Morgan fingerprint density at radius 2 is 1.69 bits per heavy atom. The summed E-state index contributed by atoms with van der Waals surface area (Å²) in [6.45, 7) is 3.94. The van der Waals surface area contributed by atoms with Crippen molar-refractivity contribution in [2.75, 3.05) is 11.6 Å². The standard InChI is InChI=1S/C24H22N4O3S/c1-16-14-22(24(27-17(16)2)21-6-4-5-12-25-21)31-19-11-13-26-23(15-19)28-18-7-9-20(10-8-18)32(3,29)30/h4-15H,1-3H3,(H,26,28). The molecule has 0 saturated heterocycles. The molecule has 8 heteroatoms. The maximum atomic E-state index is 11.6. The first-order valence-electron chi connectivity index (χ1n) is 9.90. The average molecular weight is 447 g/mol. The van der Waals surface area contributed by atoms with Crippen LogP contribution < -0.4 is 10.1 Å². The van der Waals surface area contributed by atoms with Gasteiger partial charge in [0.1, 0.15) is 17.3 Å². The van der Waals surface area contributed by atoms with Crippen LogP contribution in [0.15, 0.2) is 78.0 Å². The van der Waals surface area contributed by atoms with Crippen molar-refractivity contribution in [1.82, 2.24) is 15.0 Å². The minimum absolute atomic E-state index is 0.261. The first kappa shape index (κ1) is 21.5. The van der Waals surface area contributed by atoms with E-state index < -0.39 is 9.84 Å². The van der Waals surface area contributed by atoms with E-state index in [1.165, 1.54) is 6.26 Å². The maximum Gasteiger partial charge on any atom is 0.175 e. The number of anilines is 2. The molecule has 0 atom stereocenters. The molecule has 0 radical (unpaired) electrons. The molecular formula is C24H22N4O3S. The molecular weight excluding hydrogens is 424 g/mol. The van der Waals surface area contributed by atoms with E-state index in [0.717, 1.165) is 17.0 Å². The number of sulfone groups is 1. The summed E-state index contributed by atoms with van der Waals surface area (Å²) in [6.07, 6.45) is 4.54. The summed E-state index contributed by atoms with van der Waals surface area (Å²) < 4.78 is 29.5. The van der Waals surface area contributed by atoms with Gasteiger partial charge in [-0.3, -0.25) is 4.98 Å². The number of rotatable bonds is 6. The highest BCUT2D eigenvalue weighted by molar-refractivity contribution is 7.90. The van der Waals surface area contributed by atoms with E-state index in [9.17, 15) is 8.42 Å². The third-order valence-corrected chi connectivity index (χ3v) is 5.98. The lowest BCUT2D eigenvalue weighted by Crippen LogP contribution is -1.99. The number of benzene rings is 1. The molecule has 0 aliphatic heterocycles. The van der Waals surface area contributed by atoms with Crippen molar-refractivity contribution >= 4 is 21.3 Å². The zero-order valence-corrected chi connectivity index (χ0v) is 18.7. The van der Waals surface area contributed by atoms with Gasteiger partial charge in [0.05, 0.1) is 10.6 Å². The van der Waals surface area contributed by atoms with E-state index in [0.29, 0.717) is 28.7 Å². The minimum atomic E-state index is -3.24. The summed E-state index contributed by atoms with van der Waals surface area (Å²) in [5, 5.41) is 3.16. The van der Waals surface area contributed by atoms with Crippen LogP contribution in [0.1, 0.15) is 11.3 Å². The summed E-state index contributed by atoms with van der Waals surface area (Å²) >= 11 is 0. The molecule has 7 nitrogen and oxygen atoms in total. The second-order valence-electron chi connectivity index (χ2n) is 7.35. The molecule has 32 heavy (non-hydrogen) atoms. The number of nitrogens with one attached hydrogen (secondary N) is 1. The van der Waals surface area contributed by atoms with Crippen molar-refractivity contribution in [2.45, 2.75) is 18.7 Å². The molecule has 0 aliphatic rings. The molecule has 4 rings (SSSR count). The van der Waals surface area contributed by atoms with Crippen molar-refractivity contribution in [2.24, 2.45) is 0 Å². The molecule has 3 aromatic heterocycles. The molecule has 1 N–H and O–H groups in total. The van der Waals surface area contributed by atoms with Gasteiger partial charge in [-0.15, -0.1) is 0 Å². The Hall–Kier alpha value is -3.78. The Morgan fingerprint density at radius 3 is 2.38 bits per heavy atom. The van der Waals surface area contributed by atoms with Gasteiger partial charge in [0, 0.05) is 36.1 Å². The van der Waals surface area contributed by atoms with Gasteiger partial charge in [-0.2, -0.15) is 0 Å². The molecule has 3 heterocycles. The predicted octanol–water partition coefficient (Wildman–Crippen LogP) is 5.09. The lowest BCUT2D eigenvalue weighted by Gasteiger charge is -2.14. The van der Waals surface area contributed by atoms with Crippen LogP contribution in [0.4, 0.5) is 11.5 Å². The van der Waals surface area contributed by atoms with Gasteiger partial charge < -0.3 is 10.1 Å². The Morgan fingerprint density at radius 1 is 0.906 bits per heavy atom. The Balaban J connectivity index is 1.60. The number of aromatic nitrogens is 3. The Kier molecular flexibility index (Phi) is 5.87. The lowest BCUT2D eigenvalue weighted by atomic mass is 10.1. The molecule has 1 aromatic carbocycles. The smallest absolute Gasteiger partial charge is 0.175 e. The molecule has 0 bridgehead atoms. The highest BCUT2D eigenvalue weighted by Crippen LogP contribution is 2.33. The number of hydrogen-bond acceptors (Lipinski definition) is 7. The Labute approximate surface area is 187 Å². The van der Waals surface area contributed by atoms with Crippen molar-refractivity contribution in [1.29, 1.82) is 0 Å². The first-order valence-corrected chi connectivity index (χ1v) is 11.8. The summed E-state index contributed by atoms with van der Waals surface area (Å²) in [5.41, 5.74) is 4.02. The topological polar surface area (TPSA) is 94.1 Å². The molecule has 0 spiro atoms. The molecule has 0 saturated carbocycles. The van der Waals surface area contributed by atoms with E-state index in [2.05, 4.69) is 20.3 Å². The van der Waals surface area contributed by atoms with Gasteiger partial charge in [0.2, 0.25) is 0 Å². The third kappa shape index (κ3) is 4.92. The third-order valence-electron chi connectivity index (χ3n) is 4.85. The van der Waals surface area contributed by atoms with Crippen LogP contribution in [0.5, 0.6) is 11.5 Å². The van der Waals surface area contributed by atoms with Gasteiger partial charge in [-0.05, 0) is 67.9 Å². The molecule has 0 fully saturated rings. The number of nitrogens with zero attached hydrogens (tertiary/aromatic N) is 3. The molecule has 4 aromatic rings. The van der Waals surface area contributed by atoms with Crippen LogP contribution in [-0.4, -0.2) is 29.6 Å². The largest absolute Gasteiger partial charge is 0.455 e. The molecule has 0 amide bonds. The van der Waals surface area contributed by atoms with Crippen LogP contribution in [0.25, 0.3) is 11.4 Å². The zero-order chi connectivity index (χ0) is 22.7. The fraction of sp³-hybridized carbons (Fsp3) is 0.125. The highest BCUT2D eigenvalue weighted by Gasteiger charge is 2.13. The van der Waals surface area contributed by atoms with E-state index in [-0.39, 0.29) is 4.90 Å². The van der Waals surface area contributed by atoms with E-state index in [4.69, 9.17) is 4.74 Å². The first-order chi connectivity index (χ1) is 15.3. The van der Waals surface area contributed by atoms with Crippen molar-refractivity contribution in [3.63, 3.8) is 0 Å². The van der Waals surface area contributed by atoms with Gasteiger partial charge in [0.25, 0.3) is 0 Å². The second kappa shape index (κ2) is 8.76. The maximum absolute atomic E-state index is 11.6. The van der Waals surface area contributed by atoms with Crippen LogP contribution >= 0.6 is 0 Å². The Bertz CT molecular complexity index is 1360. The second-order valence-corrected chi connectivity index (χ2v) is 9.37. The van der Waals surface area contributed by atoms with E-state index in [1.807, 2.05) is 38.1 Å². The monoisotopic (exact) mass is 446 g/mol. The fourth-order valence-electron chi connectivity index (χ4n) is 3.05. The van der Waals surface area contributed by atoms with Gasteiger partial charge in [-0.25, -0.2) is 18.4 Å². The molecule has 0 aliphatic carbocycles. The van der Waals surface area contributed by atoms with Gasteiger partial charge in [0.15, 0.2) is 15.6 Å². The van der Waals surface area contributed by atoms with Gasteiger partial charge in [-0.1, -0.05) is 6.07 Å². The number of pyridine rings is 3. The summed E-state index contributed by atoms with van der Waals surface area (Å²) in [7, 11) is -3.24. The van der Waals surface area contributed by atoms with Gasteiger partial charge >= 0.3 is 0 Å². The van der Waals surface area contributed by atoms with Crippen molar-refractivity contribution in [3.8, 4) is 22.9 Å². The summed E-state index contributed by atoms with van der Waals surface area (Å²) in [5.74, 6) is 1.74. The predicted molar refractivity (Wildman–Crippen MR) is 124 cm³/mol. The SMILES string of the molecule is Cc1cc(Oc2ccnc(Nc3ccc(S(C)(=O)=O)cc3)c2)c(-c2ccccn2)nc1C. The lowest BCUT2D eigenvalue weighted by molar-refractivity contribution is 0.481. The zero-order valence-electron chi connectivity index (χ0n) is 17.9. The molecule has 162 valence electrons. The van der Waals surface area contributed by atoms with E-state index >= 15 is 0 Å². The van der Waals surface area contributed by atoms with Crippen LogP contribution in [0.2, 0.25) is 0 Å². The van der Waals surface area contributed by atoms with Crippen LogP contribution in [-0.2, 0) is 9.84 Å². The minimum Gasteiger partial charge on any atom is -0.455 e. The quantitative estimate of drug-likeness (QED) is 0.441. The van der Waals surface area contributed by atoms with Crippen molar-refractivity contribution in [3.05, 3.63) is 84.3 Å². The normalized spacial score (nSPS) is 11.2. The fourth-order valence-corrected chi connectivity index (χ4v) is 3.68. The summed E-state index contributed by atoms with van der Waals surface area (Å²) in [6, 6.07) is 17.6. The number of hydrogen-bond donors (Lipinski definition) is 1.